The number of furan rings is 1. The molecule has 5 heteroatoms. The summed E-state index contributed by atoms with van der Waals surface area (Å²) >= 11 is 0. The topological polar surface area (TPSA) is 72.4 Å². The molecule has 0 aromatic carbocycles. The van der Waals surface area contributed by atoms with E-state index in [1.54, 1.807) is 29.4 Å². The number of rotatable bonds is 5. The van der Waals surface area contributed by atoms with Crippen molar-refractivity contribution in [3.63, 3.8) is 0 Å². The smallest absolute Gasteiger partial charge is 0.289 e. The summed E-state index contributed by atoms with van der Waals surface area (Å²) in [6.07, 6.45) is 4.29. The van der Waals surface area contributed by atoms with Crippen molar-refractivity contribution in [2.75, 3.05) is 18.8 Å². The molecule has 0 radical (unpaired) electrons. The molecule has 2 aromatic heterocycles. The SMILES string of the molecule is CCN(CCc1ccncc1)C(=O)c1ccc(N)o1. The lowest BCUT2D eigenvalue weighted by Gasteiger charge is -2.19. The molecule has 5 nitrogen and oxygen atoms in total. The first kappa shape index (κ1) is 13.1. The number of hydrogen-bond acceptors (Lipinski definition) is 4. The molecule has 0 saturated heterocycles. The number of amides is 1. The maximum absolute atomic E-state index is 12.2. The second-order valence-corrected chi connectivity index (χ2v) is 4.19. The normalized spacial score (nSPS) is 10.4. The van der Waals surface area contributed by atoms with Gasteiger partial charge in [0.15, 0.2) is 11.6 Å². The van der Waals surface area contributed by atoms with E-state index in [0.29, 0.717) is 13.1 Å². The zero-order chi connectivity index (χ0) is 13.7. The van der Waals surface area contributed by atoms with Gasteiger partial charge >= 0.3 is 0 Å². The van der Waals surface area contributed by atoms with Gasteiger partial charge in [-0.05, 0) is 37.1 Å². The standard InChI is InChI=1S/C14H17N3O2/c1-2-17(10-7-11-5-8-16-9-6-11)14(18)12-3-4-13(15)19-12/h3-6,8-9H,2,7,10,15H2,1H3. The summed E-state index contributed by atoms with van der Waals surface area (Å²) in [5.74, 6) is 0.413. The molecular weight excluding hydrogens is 242 g/mol. The van der Waals surface area contributed by atoms with Crippen LogP contribution in [0.5, 0.6) is 0 Å². The zero-order valence-corrected chi connectivity index (χ0v) is 10.9. The highest BCUT2D eigenvalue weighted by Gasteiger charge is 2.17. The van der Waals surface area contributed by atoms with Gasteiger partial charge in [0.2, 0.25) is 0 Å². The summed E-state index contributed by atoms with van der Waals surface area (Å²) in [5.41, 5.74) is 6.63. The van der Waals surface area contributed by atoms with Crippen LogP contribution in [0.2, 0.25) is 0 Å². The Bertz CT molecular complexity index is 537. The number of anilines is 1. The quantitative estimate of drug-likeness (QED) is 0.891. The van der Waals surface area contributed by atoms with Gasteiger partial charge in [-0.1, -0.05) is 0 Å². The number of pyridine rings is 1. The number of nitrogens with two attached hydrogens (primary N) is 1. The number of nitrogens with zero attached hydrogens (tertiary/aromatic N) is 2. The van der Waals surface area contributed by atoms with E-state index in [4.69, 9.17) is 10.2 Å². The van der Waals surface area contributed by atoms with E-state index >= 15 is 0 Å². The number of likely N-dealkylation sites (N-methyl/N-ethyl adjacent to an activating group) is 1. The van der Waals surface area contributed by atoms with Crippen LogP contribution in [0.4, 0.5) is 5.88 Å². The highest BCUT2D eigenvalue weighted by molar-refractivity contribution is 5.91. The predicted molar refractivity (Wildman–Crippen MR) is 72.6 cm³/mol. The van der Waals surface area contributed by atoms with E-state index < -0.39 is 0 Å². The van der Waals surface area contributed by atoms with Gasteiger partial charge in [0.05, 0.1) is 0 Å². The van der Waals surface area contributed by atoms with Crippen LogP contribution >= 0.6 is 0 Å². The van der Waals surface area contributed by atoms with Gasteiger partial charge in [-0.25, -0.2) is 0 Å². The second kappa shape index (κ2) is 6.04. The van der Waals surface area contributed by atoms with Crippen LogP contribution in [0.3, 0.4) is 0 Å². The van der Waals surface area contributed by atoms with Crippen molar-refractivity contribution in [2.45, 2.75) is 13.3 Å². The molecule has 2 rings (SSSR count). The van der Waals surface area contributed by atoms with Crippen LogP contribution in [0.1, 0.15) is 23.0 Å². The zero-order valence-electron chi connectivity index (χ0n) is 10.9. The maximum Gasteiger partial charge on any atom is 0.289 e. The molecule has 0 bridgehead atoms. The number of nitrogen functional groups attached to an aromatic ring is 1. The van der Waals surface area contributed by atoms with E-state index in [1.807, 2.05) is 19.1 Å². The number of carbonyl (C=O) groups excluding carboxylic acids is 1. The number of aromatic nitrogens is 1. The fraction of sp³-hybridized carbons (Fsp3) is 0.286. The lowest BCUT2D eigenvalue weighted by molar-refractivity contribution is 0.0735. The molecule has 1 amide bonds. The van der Waals surface area contributed by atoms with Crippen LogP contribution in [-0.4, -0.2) is 28.9 Å². The van der Waals surface area contributed by atoms with Gasteiger partial charge in [-0.2, -0.15) is 0 Å². The van der Waals surface area contributed by atoms with Crippen molar-refractivity contribution in [1.82, 2.24) is 9.88 Å². The molecule has 100 valence electrons. The Kier molecular flexibility index (Phi) is 4.18. The van der Waals surface area contributed by atoms with Crippen LogP contribution in [0.25, 0.3) is 0 Å². The predicted octanol–water partition coefficient (Wildman–Crippen LogP) is 1.96. The molecule has 0 spiro atoms. The molecule has 0 aliphatic rings. The van der Waals surface area contributed by atoms with Crippen LogP contribution in [-0.2, 0) is 6.42 Å². The highest BCUT2D eigenvalue weighted by Crippen LogP contribution is 2.12. The summed E-state index contributed by atoms with van der Waals surface area (Å²) in [4.78, 5) is 17.9. The van der Waals surface area contributed by atoms with Gasteiger partial charge in [-0.15, -0.1) is 0 Å². The average Bonchev–Trinajstić information content (AvgIpc) is 2.87. The van der Waals surface area contributed by atoms with Gasteiger partial charge in [0.25, 0.3) is 5.91 Å². The molecule has 2 aromatic rings. The van der Waals surface area contributed by atoms with Gasteiger partial charge in [0, 0.05) is 31.5 Å². The molecule has 19 heavy (non-hydrogen) atoms. The summed E-state index contributed by atoms with van der Waals surface area (Å²) < 4.78 is 5.16. The van der Waals surface area contributed by atoms with Crippen molar-refractivity contribution in [3.8, 4) is 0 Å². The Morgan fingerprint density at radius 1 is 1.32 bits per heavy atom. The van der Waals surface area contributed by atoms with Gasteiger partial charge in [-0.3, -0.25) is 9.78 Å². The van der Waals surface area contributed by atoms with Crippen molar-refractivity contribution in [2.24, 2.45) is 0 Å². The van der Waals surface area contributed by atoms with E-state index in [0.717, 1.165) is 12.0 Å². The first-order valence-electron chi connectivity index (χ1n) is 6.24. The summed E-state index contributed by atoms with van der Waals surface area (Å²) in [6, 6.07) is 7.09. The molecule has 2 N–H and O–H groups in total. The van der Waals surface area contributed by atoms with Gasteiger partial charge < -0.3 is 15.1 Å². The minimum absolute atomic E-state index is 0.131. The van der Waals surface area contributed by atoms with Crippen molar-refractivity contribution in [3.05, 3.63) is 48.0 Å². The molecule has 0 atom stereocenters. The molecule has 0 fully saturated rings. The summed E-state index contributed by atoms with van der Waals surface area (Å²) in [5, 5.41) is 0. The third kappa shape index (κ3) is 3.34. The molecule has 0 saturated carbocycles. The first-order chi connectivity index (χ1) is 9.20. The molecule has 2 heterocycles. The minimum Gasteiger partial charge on any atom is -0.436 e. The lowest BCUT2D eigenvalue weighted by Crippen LogP contribution is -2.32. The summed E-state index contributed by atoms with van der Waals surface area (Å²) in [6.45, 7) is 3.21. The van der Waals surface area contributed by atoms with E-state index in [9.17, 15) is 4.79 Å². The van der Waals surface area contributed by atoms with E-state index in [2.05, 4.69) is 4.98 Å². The minimum atomic E-state index is -0.131. The fourth-order valence-electron chi connectivity index (χ4n) is 1.84. The maximum atomic E-state index is 12.2. The number of carbonyl (C=O) groups is 1. The Hall–Kier alpha value is -2.30. The number of hydrogen-bond donors (Lipinski definition) is 1. The third-order valence-electron chi connectivity index (χ3n) is 2.93. The van der Waals surface area contributed by atoms with Crippen LogP contribution in [0.15, 0.2) is 41.1 Å². The lowest BCUT2D eigenvalue weighted by atomic mass is 10.2. The average molecular weight is 259 g/mol. The van der Waals surface area contributed by atoms with E-state index in [1.165, 1.54) is 0 Å². The van der Waals surface area contributed by atoms with Crippen LogP contribution in [0, 0.1) is 0 Å². The van der Waals surface area contributed by atoms with Crippen molar-refractivity contribution < 1.29 is 9.21 Å². The van der Waals surface area contributed by atoms with Crippen molar-refractivity contribution in [1.29, 1.82) is 0 Å². The molecule has 0 aliphatic heterocycles. The fourth-order valence-corrected chi connectivity index (χ4v) is 1.84. The first-order valence-corrected chi connectivity index (χ1v) is 6.24. The monoisotopic (exact) mass is 259 g/mol. The van der Waals surface area contributed by atoms with Crippen LogP contribution < -0.4 is 5.73 Å². The molecular formula is C14H17N3O2. The highest BCUT2D eigenvalue weighted by atomic mass is 16.4. The Morgan fingerprint density at radius 3 is 2.63 bits per heavy atom. The largest absolute Gasteiger partial charge is 0.436 e. The molecule has 0 aliphatic carbocycles. The summed E-state index contributed by atoms with van der Waals surface area (Å²) in [7, 11) is 0. The Morgan fingerprint density at radius 2 is 2.05 bits per heavy atom. The second-order valence-electron chi connectivity index (χ2n) is 4.19. The Balaban J connectivity index is 1.98. The van der Waals surface area contributed by atoms with Gasteiger partial charge in [0.1, 0.15) is 0 Å². The third-order valence-corrected chi connectivity index (χ3v) is 2.93. The molecule has 0 unspecified atom stereocenters. The van der Waals surface area contributed by atoms with Crippen molar-refractivity contribution >= 4 is 11.8 Å². The van der Waals surface area contributed by atoms with E-state index in [-0.39, 0.29) is 17.6 Å². The Labute approximate surface area is 112 Å².